The fourth-order valence-electron chi connectivity index (χ4n) is 5.01. The average molecular weight is 467 g/mol. The molecule has 0 radical (unpaired) electrons. The van der Waals surface area contributed by atoms with Gasteiger partial charge in [0.15, 0.2) is 0 Å². The van der Waals surface area contributed by atoms with Gasteiger partial charge in [0.25, 0.3) is 0 Å². The number of pyridine rings is 1. The monoisotopic (exact) mass is 467 g/mol. The molecule has 1 saturated heterocycles. The van der Waals surface area contributed by atoms with E-state index in [0.717, 1.165) is 29.1 Å². The van der Waals surface area contributed by atoms with Gasteiger partial charge in [-0.3, -0.25) is 9.78 Å². The number of alkyl halides is 3. The van der Waals surface area contributed by atoms with E-state index >= 15 is 0 Å². The molecule has 0 saturated carbocycles. The van der Waals surface area contributed by atoms with Crippen LogP contribution in [0, 0.1) is 5.41 Å². The molecule has 2 aliphatic heterocycles. The van der Waals surface area contributed by atoms with Crippen molar-refractivity contribution in [3.8, 4) is 0 Å². The van der Waals surface area contributed by atoms with Crippen LogP contribution in [0.2, 0.25) is 0 Å². The van der Waals surface area contributed by atoms with Gasteiger partial charge in [-0.1, -0.05) is 30.3 Å². The normalized spacial score (nSPS) is 18.0. The smallest absolute Gasteiger partial charge is 0.356 e. The van der Waals surface area contributed by atoms with Crippen molar-refractivity contribution in [2.24, 2.45) is 5.41 Å². The summed E-state index contributed by atoms with van der Waals surface area (Å²) in [5.74, 6) is 0.330. The minimum Gasteiger partial charge on any atom is -0.356 e. The summed E-state index contributed by atoms with van der Waals surface area (Å²) in [6.07, 6.45) is 1.60. The van der Waals surface area contributed by atoms with Crippen molar-refractivity contribution >= 4 is 11.7 Å². The summed E-state index contributed by atoms with van der Waals surface area (Å²) in [6, 6.07) is 12.9. The molecule has 0 unspecified atom stereocenters. The van der Waals surface area contributed by atoms with Crippen molar-refractivity contribution in [3.63, 3.8) is 0 Å². The SMILES string of the molecule is O=C1N(Cc2cccnc2)Cc2ccccc2CC12CCN(c1cc(C(F)(F)F)ncn1)CC2. The average Bonchev–Trinajstić information content (AvgIpc) is 2.95. The fourth-order valence-corrected chi connectivity index (χ4v) is 5.01. The summed E-state index contributed by atoms with van der Waals surface area (Å²) in [5.41, 5.74) is 1.68. The molecule has 9 heteroatoms. The van der Waals surface area contributed by atoms with E-state index < -0.39 is 17.3 Å². The Morgan fingerprint density at radius 2 is 1.76 bits per heavy atom. The molecule has 2 aliphatic rings. The minimum absolute atomic E-state index is 0.0888. The number of amides is 1. The third-order valence-electron chi connectivity index (χ3n) is 6.83. The molecule has 4 heterocycles. The van der Waals surface area contributed by atoms with Gasteiger partial charge in [0, 0.05) is 44.6 Å². The molecule has 1 spiro atoms. The van der Waals surface area contributed by atoms with Gasteiger partial charge in [-0.2, -0.15) is 13.2 Å². The van der Waals surface area contributed by atoms with Crippen LogP contribution in [0.15, 0.2) is 61.2 Å². The van der Waals surface area contributed by atoms with Crippen LogP contribution < -0.4 is 4.90 Å². The molecule has 6 nitrogen and oxygen atoms in total. The predicted octanol–water partition coefficient (Wildman–Crippen LogP) is 4.26. The van der Waals surface area contributed by atoms with E-state index in [0.29, 0.717) is 45.4 Å². The van der Waals surface area contributed by atoms with Crippen LogP contribution in [0.25, 0.3) is 0 Å². The van der Waals surface area contributed by atoms with Gasteiger partial charge < -0.3 is 9.80 Å². The van der Waals surface area contributed by atoms with E-state index in [1.54, 1.807) is 12.4 Å². The summed E-state index contributed by atoms with van der Waals surface area (Å²) in [4.78, 5) is 29.3. The summed E-state index contributed by atoms with van der Waals surface area (Å²) in [6.45, 7) is 1.88. The van der Waals surface area contributed by atoms with Crippen LogP contribution in [0.1, 0.15) is 35.2 Å². The van der Waals surface area contributed by atoms with E-state index in [2.05, 4.69) is 27.1 Å². The number of carbonyl (C=O) groups is 1. The standard InChI is InChI=1S/C25H24F3N5O/c26-25(27,28)21-12-22(31-17-30-21)32-10-7-24(8-11-32)13-19-5-1-2-6-20(19)16-33(23(24)34)15-18-4-3-9-29-14-18/h1-6,9,12,14,17H,7-8,10-11,13,15-16H2. The first-order valence-electron chi connectivity index (χ1n) is 11.2. The Morgan fingerprint density at radius 1 is 1.00 bits per heavy atom. The Morgan fingerprint density at radius 3 is 2.47 bits per heavy atom. The maximum atomic E-state index is 13.9. The molecule has 1 fully saturated rings. The number of aromatic nitrogens is 3. The van der Waals surface area contributed by atoms with Gasteiger partial charge in [-0.15, -0.1) is 0 Å². The first kappa shape index (κ1) is 22.3. The number of hydrogen-bond donors (Lipinski definition) is 0. The second-order valence-corrected chi connectivity index (χ2v) is 8.99. The molecule has 5 rings (SSSR count). The quantitative estimate of drug-likeness (QED) is 0.576. The highest BCUT2D eigenvalue weighted by atomic mass is 19.4. The minimum atomic E-state index is -4.53. The number of anilines is 1. The lowest BCUT2D eigenvalue weighted by Crippen LogP contribution is -2.50. The lowest BCUT2D eigenvalue weighted by atomic mass is 9.73. The molecule has 3 aromatic rings. The van der Waals surface area contributed by atoms with E-state index in [-0.39, 0.29) is 11.7 Å². The maximum Gasteiger partial charge on any atom is 0.433 e. The summed E-state index contributed by atoms with van der Waals surface area (Å²) < 4.78 is 39.3. The topological polar surface area (TPSA) is 62.2 Å². The third kappa shape index (κ3) is 4.34. The molecule has 0 N–H and O–H groups in total. The molecule has 0 atom stereocenters. The predicted molar refractivity (Wildman–Crippen MR) is 120 cm³/mol. The molecule has 2 aromatic heterocycles. The third-order valence-corrected chi connectivity index (χ3v) is 6.83. The molecule has 1 aromatic carbocycles. The second-order valence-electron chi connectivity index (χ2n) is 8.99. The van der Waals surface area contributed by atoms with Crippen LogP contribution >= 0.6 is 0 Å². The van der Waals surface area contributed by atoms with Crippen molar-refractivity contribution in [2.45, 2.75) is 38.5 Å². The number of carbonyl (C=O) groups excluding carboxylic acids is 1. The van der Waals surface area contributed by atoms with Crippen molar-refractivity contribution in [3.05, 3.63) is 83.6 Å². The van der Waals surface area contributed by atoms with E-state index in [1.165, 1.54) is 0 Å². The zero-order chi connectivity index (χ0) is 23.8. The lowest BCUT2D eigenvalue weighted by Gasteiger charge is -2.42. The molecule has 34 heavy (non-hydrogen) atoms. The lowest BCUT2D eigenvalue weighted by molar-refractivity contribution is -0.144. The van der Waals surface area contributed by atoms with Crippen LogP contribution in [0.5, 0.6) is 0 Å². The first-order chi connectivity index (χ1) is 16.3. The number of nitrogens with zero attached hydrogens (tertiary/aromatic N) is 5. The van der Waals surface area contributed by atoms with Crippen molar-refractivity contribution in [1.29, 1.82) is 0 Å². The number of halogens is 3. The van der Waals surface area contributed by atoms with E-state index in [1.807, 2.05) is 34.1 Å². The van der Waals surface area contributed by atoms with Crippen LogP contribution in [0.3, 0.4) is 0 Å². The zero-order valence-corrected chi connectivity index (χ0v) is 18.5. The molecular weight excluding hydrogens is 443 g/mol. The molecule has 1 amide bonds. The van der Waals surface area contributed by atoms with Gasteiger partial charge in [-0.05, 0) is 42.0 Å². The summed E-state index contributed by atoms with van der Waals surface area (Å²) >= 11 is 0. The maximum absolute atomic E-state index is 13.9. The second kappa shape index (κ2) is 8.70. The Balaban J connectivity index is 1.41. The number of benzene rings is 1. The Labute approximate surface area is 195 Å². The van der Waals surface area contributed by atoms with Gasteiger partial charge in [0.05, 0.1) is 5.41 Å². The molecule has 0 bridgehead atoms. The first-order valence-corrected chi connectivity index (χ1v) is 11.2. The summed E-state index contributed by atoms with van der Waals surface area (Å²) in [7, 11) is 0. The highest BCUT2D eigenvalue weighted by molar-refractivity contribution is 5.84. The van der Waals surface area contributed by atoms with Gasteiger partial charge in [0.2, 0.25) is 5.91 Å². The highest BCUT2D eigenvalue weighted by Crippen LogP contribution is 2.42. The van der Waals surface area contributed by atoms with Crippen LogP contribution in [-0.2, 0) is 30.5 Å². The van der Waals surface area contributed by atoms with E-state index in [9.17, 15) is 18.0 Å². The Hall–Kier alpha value is -3.49. The van der Waals surface area contributed by atoms with Gasteiger partial charge in [0.1, 0.15) is 17.8 Å². The Bertz CT molecular complexity index is 1180. The Kier molecular flexibility index (Phi) is 5.71. The molecular formula is C25H24F3N5O. The number of fused-ring (bicyclic) bond motifs is 1. The van der Waals surface area contributed by atoms with E-state index in [4.69, 9.17) is 0 Å². The van der Waals surface area contributed by atoms with Crippen molar-refractivity contribution < 1.29 is 18.0 Å². The largest absolute Gasteiger partial charge is 0.433 e. The van der Waals surface area contributed by atoms with Crippen molar-refractivity contribution in [2.75, 3.05) is 18.0 Å². The number of hydrogen-bond acceptors (Lipinski definition) is 5. The van der Waals surface area contributed by atoms with Gasteiger partial charge in [-0.25, -0.2) is 9.97 Å². The van der Waals surface area contributed by atoms with Crippen LogP contribution in [0.4, 0.5) is 19.0 Å². The number of rotatable bonds is 3. The summed E-state index contributed by atoms with van der Waals surface area (Å²) in [5, 5.41) is 0. The van der Waals surface area contributed by atoms with Crippen LogP contribution in [-0.4, -0.2) is 38.8 Å². The number of piperidine rings is 1. The highest BCUT2D eigenvalue weighted by Gasteiger charge is 2.46. The van der Waals surface area contributed by atoms with Crippen molar-refractivity contribution in [1.82, 2.24) is 19.9 Å². The zero-order valence-electron chi connectivity index (χ0n) is 18.5. The van der Waals surface area contributed by atoms with Gasteiger partial charge >= 0.3 is 6.18 Å². The molecule has 0 aliphatic carbocycles. The fraction of sp³-hybridized carbons (Fsp3) is 0.360. The molecule has 176 valence electrons.